The van der Waals surface area contributed by atoms with Gasteiger partial charge in [0.2, 0.25) is 0 Å². The highest BCUT2D eigenvalue weighted by Gasteiger charge is 2.25. The average molecular weight is 415 g/mol. The van der Waals surface area contributed by atoms with Gasteiger partial charge in [0.05, 0.1) is 13.2 Å². The summed E-state index contributed by atoms with van der Waals surface area (Å²) in [5, 5.41) is 9.86. The molecule has 8 nitrogen and oxygen atoms in total. The van der Waals surface area contributed by atoms with Crippen molar-refractivity contribution in [3.05, 3.63) is 46.8 Å². The number of anilines is 1. The zero-order valence-electron chi connectivity index (χ0n) is 17.9. The number of hydrogen-bond acceptors (Lipinski definition) is 6. The van der Waals surface area contributed by atoms with Crippen LogP contribution in [0.4, 0.5) is 5.69 Å². The largest absolute Gasteiger partial charge is 0.497 e. The van der Waals surface area contributed by atoms with Crippen LogP contribution >= 0.6 is 0 Å². The minimum atomic E-state index is -0.688. The number of aliphatic hydroxyl groups excluding tert-OH is 1. The van der Waals surface area contributed by atoms with Gasteiger partial charge in [-0.1, -0.05) is 0 Å². The molecule has 1 aliphatic heterocycles. The number of carbonyl (C=O) groups is 2. The zero-order chi connectivity index (χ0) is 21.8. The van der Waals surface area contributed by atoms with E-state index < -0.39 is 12.1 Å². The van der Waals surface area contributed by atoms with Crippen molar-refractivity contribution >= 4 is 17.6 Å². The topological polar surface area (TPSA) is 95.1 Å². The van der Waals surface area contributed by atoms with Crippen LogP contribution in [-0.2, 0) is 9.53 Å². The lowest BCUT2D eigenvalue weighted by Gasteiger charge is -2.36. The molecule has 0 radical (unpaired) electrons. The number of nitrogens with zero attached hydrogens (tertiary/aromatic N) is 2. The number of carbonyl (C=O) groups excluding carboxylic acids is 2. The van der Waals surface area contributed by atoms with Gasteiger partial charge in [-0.25, -0.2) is 4.79 Å². The minimum absolute atomic E-state index is 0.214. The molecule has 0 aliphatic carbocycles. The zero-order valence-corrected chi connectivity index (χ0v) is 17.9. The highest BCUT2D eigenvalue weighted by atomic mass is 16.5. The first-order valence-corrected chi connectivity index (χ1v) is 10.0. The number of amides is 1. The van der Waals surface area contributed by atoms with Gasteiger partial charge in [0, 0.05) is 43.1 Å². The second kappa shape index (κ2) is 9.21. The third kappa shape index (κ3) is 4.59. The molecular formula is C22H29N3O5. The molecule has 1 saturated heterocycles. The van der Waals surface area contributed by atoms with Crippen LogP contribution in [0.5, 0.6) is 5.75 Å². The number of rotatable bonds is 6. The third-order valence-corrected chi connectivity index (χ3v) is 5.51. The van der Waals surface area contributed by atoms with E-state index in [2.05, 4.69) is 9.88 Å². The molecule has 0 spiro atoms. The van der Waals surface area contributed by atoms with Crippen LogP contribution in [0, 0.1) is 13.8 Å². The molecule has 2 aromatic rings. The molecule has 0 unspecified atom stereocenters. The second-order valence-electron chi connectivity index (χ2n) is 7.48. The summed E-state index contributed by atoms with van der Waals surface area (Å²) < 4.78 is 10.4. The Morgan fingerprint density at radius 2 is 1.77 bits per heavy atom. The fourth-order valence-corrected chi connectivity index (χ4v) is 3.89. The first-order chi connectivity index (χ1) is 14.3. The molecule has 8 heteroatoms. The molecule has 0 saturated carbocycles. The van der Waals surface area contributed by atoms with E-state index in [4.69, 9.17) is 9.47 Å². The molecular weight excluding hydrogens is 386 g/mol. The first kappa shape index (κ1) is 21.7. The molecule has 2 heterocycles. The quantitative estimate of drug-likeness (QED) is 0.703. The number of piperazine rings is 1. The summed E-state index contributed by atoms with van der Waals surface area (Å²) in [6.07, 6.45) is -0.688. The Kier molecular flexibility index (Phi) is 6.66. The number of nitrogens with one attached hydrogen (secondary N) is 1. The summed E-state index contributed by atoms with van der Waals surface area (Å²) in [4.78, 5) is 31.8. The maximum atomic E-state index is 12.5. The fourth-order valence-electron chi connectivity index (χ4n) is 3.89. The van der Waals surface area contributed by atoms with E-state index in [0.717, 1.165) is 17.1 Å². The van der Waals surface area contributed by atoms with Crippen molar-refractivity contribution in [2.75, 3.05) is 44.8 Å². The molecule has 162 valence electrons. The van der Waals surface area contributed by atoms with Gasteiger partial charge in [-0.3, -0.25) is 4.79 Å². The van der Waals surface area contributed by atoms with E-state index in [9.17, 15) is 14.7 Å². The highest BCUT2D eigenvalue weighted by Crippen LogP contribution is 2.25. The lowest BCUT2D eigenvalue weighted by atomic mass is 10.1. The second-order valence-corrected chi connectivity index (χ2v) is 7.48. The van der Waals surface area contributed by atoms with Gasteiger partial charge in [0.15, 0.2) is 6.61 Å². The summed E-state index contributed by atoms with van der Waals surface area (Å²) in [6, 6.07) is 7.83. The molecule has 30 heavy (non-hydrogen) atoms. The van der Waals surface area contributed by atoms with Crippen molar-refractivity contribution in [1.29, 1.82) is 0 Å². The van der Waals surface area contributed by atoms with Crippen LogP contribution in [0.2, 0.25) is 0 Å². The number of aryl methyl sites for hydroxylation is 1. The molecule has 1 fully saturated rings. The van der Waals surface area contributed by atoms with Crippen molar-refractivity contribution < 1.29 is 24.2 Å². The predicted molar refractivity (Wildman–Crippen MR) is 113 cm³/mol. The molecule has 3 rings (SSSR count). The van der Waals surface area contributed by atoms with Gasteiger partial charge < -0.3 is 29.4 Å². The van der Waals surface area contributed by atoms with Crippen molar-refractivity contribution in [3.63, 3.8) is 0 Å². The van der Waals surface area contributed by atoms with Gasteiger partial charge in [-0.15, -0.1) is 0 Å². The van der Waals surface area contributed by atoms with Crippen LogP contribution in [0.3, 0.4) is 0 Å². The summed E-state index contributed by atoms with van der Waals surface area (Å²) in [6.45, 7) is 7.43. The molecule has 1 aromatic carbocycles. The maximum Gasteiger partial charge on any atom is 0.355 e. The van der Waals surface area contributed by atoms with Crippen LogP contribution in [-0.4, -0.2) is 66.8 Å². The van der Waals surface area contributed by atoms with Gasteiger partial charge in [-0.2, -0.15) is 0 Å². The Hall–Kier alpha value is -3.00. The number of esters is 1. The molecule has 2 N–H and O–H groups in total. The first-order valence-electron chi connectivity index (χ1n) is 10.0. The summed E-state index contributed by atoms with van der Waals surface area (Å²) in [5.74, 6) is 0.00424. The van der Waals surface area contributed by atoms with E-state index in [0.29, 0.717) is 37.3 Å². The van der Waals surface area contributed by atoms with E-state index in [1.165, 1.54) is 0 Å². The molecule has 1 amide bonds. The Bertz CT molecular complexity index is 896. The summed E-state index contributed by atoms with van der Waals surface area (Å²) in [7, 11) is 1.64. The number of hydrogen-bond donors (Lipinski definition) is 2. The molecule has 0 bridgehead atoms. The Balaban J connectivity index is 1.51. The number of ether oxygens (including phenoxy) is 2. The number of methoxy groups -OCH3 is 1. The van der Waals surface area contributed by atoms with Crippen molar-refractivity contribution in [2.24, 2.45) is 0 Å². The standard InChI is InChI=1S/C22H29N3O5/c1-14-20(16(3)26)15(2)23-21(14)22(28)30-13-19(27)25-11-9-24(10-12-25)17-5-7-18(29-4)8-6-17/h5-8,16,23,26H,9-13H2,1-4H3/t16-/m1/s1. The van der Waals surface area contributed by atoms with E-state index in [1.54, 1.807) is 32.8 Å². The van der Waals surface area contributed by atoms with Crippen molar-refractivity contribution in [1.82, 2.24) is 9.88 Å². The SMILES string of the molecule is COc1ccc(N2CCN(C(=O)COC(=O)c3[nH]c(C)c([C@@H](C)O)c3C)CC2)cc1. The van der Waals surface area contributed by atoms with Crippen LogP contribution in [0.25, 0.3) is 0 Å². The average Bonchev–Trinajstić information content (AvgIpc) is 3.06. The number of aromatic nitrogens is 1. The van der Waals surface area contributed by atoms with Crippen LogP contribution < -0.4 is 9.64 Å². The van der Waals surface area contributed by atoms with E-state index in [1.807, 2.05) is 24.3 Å². The lowest BCUT2D eigenvalue weighted by molar-refractivity contribution is -0.134. The Labute approximate surface area is 176 Å². The fraction of sp³-hybridized carbons (Fsp3) is 0.455. The monoisotopic (exact) mass is 415 g/mol. The van der Waals surface area contributed by atoms with Gasteiger partial charge in [0.25, 0.3) is 5.91 Å². The van der Waals surface area contributed by atoms with Gasteiger partial charge in [0.1, 0.15) is 11.4 Å². The van der Waals surface area contributed by atoms with Crippen molar-refractivity contribution in [3.8, 4) is 5.75 Å². The van der Waals surface area contributed by atoms with Crippen LogP contribution in [0.15, 0.2) is 24.3 Å². The molecule has 1 aliphatic rings. The Morgan fingerprint density at radius 3 is 2.30 bits per heavy atom. The third-order valence-electron chi connectivity index (χ3n) is 5.51. The Morgan fingerprint density at radius 1 is 1.13 bits per heavy atom. The normalized spacial score (nSPS) is 15.1. The summed E-state index contributed by atoms with van der Waals surface area (Å²) >= 11 is 0. The van der Waals surface area contributed by atoms with Crippen LogP contribution in [0.1, 0.15) is 40.3 Å². The molecule has 1 aromatic heterocycles. The van der Waals surface area contributed by atoms with Gasteiger partial charge >= 0.3 is 5.97 Å². The minimum Gasteiger partial charge on any atom is -0.497 e. The maximum absolute atomic E-state index is 12.5. The number of H-pyrrole nitrogens is 1. The number of benzene rings is 1. The summed E-state index contributed by atoms with van der Waals surface area (Å²) in [5.41, 5.74) is 3.41. The molecule has 1 atom stereocenters. The predicted octanol–water partition coefficient (Wildman–Crippen LogP) is 2.20. The lowest BCUT2D eigenvalue weighted by Crippen LogP contribution is -2.49. The number of aromatic amines is 1. The van der Waals surface area contributed by atoms with E-state index in [-0.39, 0.29) is 18.2 Å². The van der Waals surface area contributed by atoms with E-state index >= 15 is 0 Å². The van der Waals surface area contributed by atoms with Crippen molar-refractivity contribution in [2.45, 2.75) is 26.9 Å². The number of aliphatic hydroxyl groups is 1. The smallest absolute Gasteiger partial charge is 0.355 e. The van der Waals surface area contributed by atoms with Gasteiger partial charge in [-0.05, 0) is 50.6 Å². The highest BCUT2D eigenvalue weighted by molar-refractivity contribution is 5.91.